The van der Waals surface area contributed by atoms with Crippen LogP contribution in [-0.4, -0.2) is 28.0 Å². The Balaban J connectivity index is 2.06. The summed E-state index contributed by atoms with van der Waals surface area (Å²) < 4.78 is 6.76. The molecule has 0 amide bonds. The average Bonchev–Trinajstić information content (AvgIpc) is 3.05. The molecular weight excluding hydrogens is 344 g/mol. The zero-order valence-electron chi connectivity index (χ0n) is 14.5. The molecule has 0 atom stereocenters. The van der Waals surface area contributed by atoms with Gasteiger partial charge in [0.15, 0.2) is 5.11 Å². The molecule has 0 spiro atoms. The number of nitrogens with one attached hydrogen (secondary N) is 2. The number of hydrogen-bond donors (Lipinski definition) is 2. The van der Waals surface area contributed by atoms with Crippen molar-refractivity contribution in [2.75, 3.05) is 12.4 Å². The van der Waals surface area contributed by atoms with E-state index in [1.165, 1.54) is 18.4 Å². The smallest absolute Gasteiger partial charge is 0.341 e. The summed E-state index contributed by atoms with van der Waals surface area (Å²) in [6.45, 7) is 9.31. The van der Waals surface area contributed by atoms with Crippen molar-refractivity contribution in [1.29, 1.82) is 0 Å². The summed E-state index contributed by atoms with van der Waals surface area (Å²) in [5.74, 6) is -0.359. The second-order valence-electron chi connectivity index (χ2n) is 5.38. The maximum absolute atomic E-state index is 12.0. The molecule has 0 saturated heterocycles. The van der Waals surface area contributed by atoms with E-state index in [0.29, 0.717) is 22.2 Å². The highest BCUT2D eigenvalue weighted by Crippen LogP contribution is 2.32. The number of methoxy groups -OCH3 is 1. The highest BCUT2D eigenvalue weighted by molar-refractivity contribution is 7.80. The van der Waals surface area contributed by atoms with E-state index in [-0.39, 0.29) is 5.97 Å². The lowest BCUT2D eigenvalue weighted by Crippen LogP contribution is -2.28. The summed E-state index contributed by atoms with van der Waals surface area (Å²) in [5.41, 5.74) is 3.52. The second-order valence-corrected chi connectivity index (χ2v) is 7.02. The van der Waals surface area contributed by atoms with Gasteiger partial charge in [-0.1, -0.05) is 0 Å². The highest BCUT2D eigenvalue weighted by atomic mass is 32.1. The minimum Gasteiger partial charge on any atom is -0.465 e. The number of rotatable bonds is 5. The monoisotopic (exact) mass is 366 g/mol. The molecule has 2 aromatic rings. The Hall–Kier alpha value is -1.93. The van der Waals surface area contributed by atoms with Crippen LogP contribution in [0.4, 0.5) is 5.00 Å². The van der Waals surface area contributed by atoms with Crippen molar-refractivity contribution in [3.8, 4) is 0 Å². The fraction of sp³-hybridized carbons (Fsp3) is 0.438. The lowest BCUT2D eigenvalue weighted by Gasteiger charge is -2.10. The van der Waals surface area contributed by atoms with Crippen molar-refractivity contribution >= 4 is 39.6 Å². The highest BCUT2D eigenvalue weighted by Gasteiger charge is 2.20. The van der Waals surface area contributed by atoms with Crippen molar-refractivity contribution in [2.45, 2.75) is 40.8 Å². The molecule has 0 radical (unpaired) electrons. The van der Waals surface area contributed by atoms with Gasteiger partial charge in [-0.2, -0.15) is 5.10 Å². The molecule has 6 nitrogen and oxygen atoms in total. The van der Waals surface area contributed by atoms with Crippen molar-refractivity contribution in [3.05, 3.63) is 33.5 Å². The fourth-order valence-electron chi connectivity index (χ4n) is 2.28. The number of thiocarbonyl (C=S) groups is 1. The number of aryl methyl sites for hydroxylation is 3. The Morgan fingerprint density at radius 1 is 1.42 bits per heavy atom. The van der Waals surface area contributed by atoms with Crippen LogP contribution in [0.2, 0.25) is 0 Å². The number of aromatic nitrogens is 2. The molecule has 2 N–H and O–H groups in total. The van der Waals surface area contributed by atoms with Crippen molar-refractivity contribution in [1.82, 2.24) is 15.1 Å². The molecule has 0 bridgehead atoms. The summed E-state index contributed by atoms with van der Waals surface area (Å²) in [5, 5.41) is 11.8. The van der Waals surface area contributed by atoms with E-state index in [4.69, 9.17) is 17.0 Å². The van der Waals surface area contributed by atoms with Gasteiger partial charge in [-0.15, -0.1) is 11.3 Å². The number of hydrogen-bond acceptors (Lipinski definition) is 5. The lowest BCUT2D eigenvalue weighted by molar-refractivity contribution is 0.0601. The van der Waals surface area contributed by atoms with Crippen molar-refractivity contribution < 1.29 is 9.53 Å². The number of thiophene rings is 1. The molecule has 0 aliphatic heterocycles. The minimum absolute atomic E-state index is 0.359. The van der Waals surface area contributed by atoms with Gasteiger partial charge in [-0.3, -0.25) is 4.68 Å². The van der Waals surface area contributed by atoms with Crippen molar-refractivity contribution in [3.63, 3.8) is 0 Å². The van der Waals surface area contributed by atoms with Crippen molar-refractivity contribution in [2.24, 2.45) is 0 Å². The van der Waals surface area contributed by atoms with E-state index in [2.05, 4.69) is 15.7 Å². The SMILES string of the molecule is CCn1cc(CNC(=S)Nc2sc(C)c(C)c2C(=O)OC)c(C)n1. The summed E-state index contributed by atoms with van der Waals surface area (Å²) in [7, 11) is 1.38. The molecule has 2 rings (SSSR count). The summed E-state index contributed by atoms with van der Waals surface area (Å²) in [6.07, 6.45) is 2.00. The first-order valence-corrected chi connectivity index (χ1v) is 8.85. The lowest BCUT2D eigenvalue weighted by atomic mass is 10.1. The average molecular weight is 367 g/mol. The number of ether oxygens (including phenoxy) is 1. The molecule has 0 aliphatic carbocycles. The topological polar surface area (TPSA) is 68.2 Å². The van der Waals surface area contributed by atoms with Gasteiger partial charge in [-0.25, -0.2) is 4.79 Å². The van der Waals surface area contributed by atoms with E-state index in [0.717, 1.165) is 28.2 Å². The molecule has 0 unspecified atom stereocenters. The van der Waals surface area contributed by atoms with E-state index in [1.54, 1.807) is 0 Å². The molecular formula is C16H22N4O2S2. The number of carbonyl (C=O) groups is 1. The number of anilines is 1. The summed E-state index contributed by atoms with van der Waals surface area (Å²) >= 11 is 6.84. The van der Waals surface area contributed by atoms with Gasteiger partial charge in [-0.05, 0) is 45.5 Å². The summed E-state index contributed by atoms with van der Waals surface area (Å²) in [6, 6.07) is 0. The quantitative estimate of drug-likeness (QED) is 0.626. The maximum atomic E-state index is 12.0. The first-order valence-electron chi connectivity index (χ1n) is 7.63. The molecule has 0 saturated carbocycles. The van der Waals surface area contributed by atoms with Crippen LogP contribution < -0.4 is 10.6 Å². The Bertz CT molecular complexity index is 764. The molecule has 0 aromatic carbocycles. The van der Waals surface area contributed by atoms with Crippen LogP contribution in [0.5, 0.6) is 0 Å². The number of carbonyl (C=O) groups excluding carboxylic acids is 1. The van der Waals surface area contributed by atoms with E-state index in [1.807, 2.05) is 38.6 Å². The number of nitrogens with zero attached hydrogens (tertiary/aromatic N) is 2. The second kappa shape index (κ2) is 7.76. The van der Waals surface area contributed by atoms with Gasteiger partial charge < -0.3 is 15.4 Å². The molecule has 2 aromatic heterocycles. The predicted octanol–water partition coefficient (Wildman–Crippen LogP) is 3.16. The van der Waals surface area contributed by atoms with E-state index < -0.39 is 0 Å². The van der Waals surface area contributed by atoms with Crippen LogP contribution in [-0.2, 0) is 17.8 Å². The zero-order valence-corrected chi connectivity index (χ0v) is 16.2. The minimum atomic E-state index is -0.359. The largest absolute Gasteiger partial charge is 0.465 e. The van der Waals surface area contributed by atoms with Gasteiger partial charge in [0.2, 0.25) is 0 Å². The van der Waals surface area contributed by atoms with E-state index >= 15 is 0 Å². The van der Waals surface area contributed by atoms with Gasteiger partial charge >= 0.3 is 5.97 Å². The zero-order chi connectivity index (χ0) is 17.9. The molecule has 0 fully saturated rings. The van der Waals surface area contributed by atoms with Gasteiger partial charge in [0, 0.05) is 29.7 Å². The first-order chi connectivity index (χ1) is 11.4. The molecule has 2 heterocycles. The molecule has 24 heavy (non-hydrogen) atoms. The Morgan fingerprint density at radius 3 is 2.71 bits per heavy atom. The molecule has 8 heteroatoms. The van der Waals surface area contributed by atoms with Crippen LogP contribution >= 0.6 is 23.6 Å². The third kappa shape index (κ3) is 3.93. The normalized spacial score (nSPS) is 10.5. The first kappa shape index (κ1) is 18.4. The third-order valence-corrected chi connectivity index (χ3v) is 5.18. The van der Waals surface area contributed by atoms with Gasteiger partial charge in [0.05, 0.1) is 18.4 Å². The Labute approximate surface area is 151 Å². The standard InChI is InChI=1S/C16H22N4O2S2/c1-6-20-8-12(10(3)19-20)7-17-16(23)18-14-13(15(21)22-5)9(2)11(4)24-14/h8H,6-7H2,1-5H3,(H2,17,18,23). The Kier molecular flexibility index (Phi) is 5.95. The summed E-state index contributed by atoms with van der Waals surface area (Å²) in [4.78, 5) is 13.0. The van der Waals surface area contributed by atoms with E-state index in [9.17, 15) is 4.79 Å². The van der Waals surface area contributed by atoms with Crippen LogP contribution in [0.1, 0.15) is 39.0 Å². The maximum Gasteiger partial charge on any atom is 0.341 e. The van der Waals surface area contributed by atoms with Crippen LogP contribution in [0, 0.1) is 20.8 Å². The predicted molar refractivity (Wildman–Crippen MR) is 101 cm³/mol. The van der Waals surface area contributed by atoms with Crippen LogP contribution in [0.3, 0.4) is 0 Å². The van der Waals surface area contributed by atoms with Crippen LogP contribution in [0.15, 0.2) is 6.20 Å². The Morgan fingerprint density at radius 2 is 2.12 bits per heavy atom. The third-order valence-electron chi connectivity index (χ3n) is 3.81. The number of esters is 1. The van der Waals surface area contributed by atoms with Crippen LogP contribution in [0.25, 0.3) is 0 Å². The van der Waals surface area contributed by atoms with Gasteiger partial charge in [0.1, 0.15) is 5.00 Å². The van der Waals surface area contributed by atoms with Gasteiger partial charge in [0.25, 0.3) is 0 Å². The molecule has 130 valence electrons. The fourth-order valence-corrected chi connectivity index (χ4v) is 3.57. The molecule has 0 aliphatic rings.